The van der Waals surface area contributed by atoms with Crippen LogP contribution in [0.5, 0.6) is 11.5 Å². The van der Waals surface area contributed by atoms with Gasteiger partial charge in [0.05, 0.1) is 12.5 Å². The van der Waals surface area contributed by atoms with Gasteiger partial charge in [0.15, 0.2) is 5.17 Å². The second-order valence-electron chi connectivity index (χ2n) is 5.70. The summed E-state index contributed by atoms with van der Waals surface area (Å²) in [4.78, 5) is 19.7. The van der Waals surface area contributed by atoms with Crippen LogP contribution >= 0.6 is 11.8 Å². The van der Waals surface area contributed by atoms with Gasteiger partial charge < -0.3 is 4.74 Å². The fourth-order valence-corrected chi connectivity index (χ4v) is 3.99. The van der Waals surface area contributed by atoms with Crippen LogP contribution in [0.3, 0.4) is 0 Å². The average Bonchev–Trinajstić information content (AvgIpc) is 3.07. The molecule has 2 heterocycles. The van der Waals surface area contributed by atoms with Crippen molar-refractivity contribution < 1.29 is 9.53 Å². The molecule has 0 unspecified atom stereocenters. The van der Waals surface area contributed by atoms with Crippen molar-refractivity contribution >= 4 is 22.8 Å². The predicted octanol–water partition coefficient (Wildman–Crippen LogP) is 3.88. The maximum atomic E-state index is 13.4. The van der Waals surface area contributed by atoms with Crippen molar-refractivity contribution in [3.05, 3.63) is 59.7 Å². The molecule has 4 nitrogen and oxygen atoms in total. The van der Waals surface area contributed by atoms with Gasteiger partial charge in [0.25, 0.3) is 0 Å². The van der Waals surface area contributed by atoms with E-state index in [0.717, 1.165) is 33.5 Å². The van der Waals surface area contributed by atoms with Crippen molar-refractivity contribution in [3.63, 3.8) is 0 Å². The summed E-state index contributed by atoms with van der Waals surface area (Å²) in [6, 6.07) is 15.6. The van der Waals surface area contributed by atoms with Crippen molar-refractivity contribution in [3.8, 4) is 11.5 Å². The van der Waals surface area contributed by atoms with E-state index in [4.69, 9.17) is 4.74 Å². The lowest BCUT2D eigenvalue weighted by atomic mass is 9.87. The number of hydrogen-bond acceptors (Lipinski definition) is 4. The highest BCUT2D eigenvalue weighted by atomic mass is 32.2. The third-order valence-electron chi connectivity index (χ3n) is 4.27. The van der Waals surface area contributed by atoms with Crippen LogP contribution in [-0.4, -0.2) is 34.8 Å². The van der Waals surface area contributed by atoms with E-state index in [2.05, 4.69) is 11.9 Å². The van der Waals surface area contributed by atoms with E-state index in [1.54, 1.807) is 11.8 Å². The summed E-state index contributed by atoms with van der Waals surface area (Å²) in [5, 5.41) is 0.837. The number of para-hydroxylation sites is 2. The van der Waals surface area contributed by atoms with Gasteiger partial charge in [-0.1, -0.05) is 55.1 Å². The number of aliphatic imine (C=N–C) groups is 1. The number of carbonyl (C=O) groups is 1. The van der Waals surface area contributed by atoms with E-state index < -0.39 is 0 Å². The van der Waals surface area contributed by atoms with Crippen LogP contribution in [-0.2, 0) is 4.79 Å². The molecule has 5 heteroatoms. The van der Waals surface area contributed by atoms with Gasteiger partial charge in [-0.15, -0.1) is 0 Å². The minimum absolute atomic E-state index is 0.0791. The fraction of sp³-hybridized carbons (Fsp3) is 0.263. The molecule has 2 aliphatic rings. The van der Waals surface area contributed by atoms with Crippen LogP contribution in [0.25, 0.3) is 0 Å². The van der Waals surface area contributed by atoms with Crippen LogP contribution in [0, 0.1) is 0 Å². The lowest BCUT2D eigenvalue weighted by molar-refractivity contribution is -0.127. The number of hydrogen-bond donors (Lipinski definition) is 0. The topological polar surface area (TPSA) is 41.9 Å². The Hall–Kier alpha value is -2.27. The Kier molecular flexibility index (Phi) is 4.02. The number of amidine groups is 1. The van der Waals surface area contributed by atoms with Gasteiger partial charge in [0, 0.05) is 17.7 Å². The molecule has 4 rings (SSSR count). The average molecular weight is 338 g/mol. The maximum Gasteiger partial charge on any atom is 0.240 e. The second kappa shape index (κ2) is 6.32. The van der Waals surface area contributed by atoms with E-state index >= 15 is 0 Å². The zero-order valence-corrected chi connectivity index (χ0v) is 14.3. The largest absolute Gasteiger partial charge is 0.457 e. The maximum absolute atomic E-state index is 13.4. The molecular formula is C19H18N2O2S. The van der Waals surface area contributed by atoms with Crippen LogP contribution in [0.1, 0.15) is 24.0 Å². The van der Waals surface area contributed by atoms with Gasteiger partial charge in [0.2, 0.25) is 5.91 Å². The van der Waals surface area contributed by atoms with Crippen LogP contribution in [0.2, 0.25) is 0 Å². The summed E-state index contributed by atoms with van der Waals surface area (Å²) in [5.41, 5.74) is 1.85. The first kappa shape index (κ1) is 15.3. The predicted molar refractivity (Wildman–Crippen MR) is 96.9 cm³/mol. The molecule has 24 heavy (non-hydrogen) atoms. The molecule has 1 amide bonds. The standard InChI is InChI=1S/C19H18N2O2S/c1-2-24-19-20-11-12-21(19)18(22)17-13-7-3-5-9-15(13)23-16-10-6-4-8-14(16)17/h3-10,17H,2,11-12H2,1H3. The summed E-state index contributed by atoms with van der Waals surface area (Å²) in [7, 11) is 0. The fourth-order valence-electron chi connectivity index (χ4n) is 3.22. The normalized spacial score (nSPS) is 16.2. The molecular weight excluding hydrogens is 320 g/mol. The van der Waals surface area contributed by atoms with Gasteiger partial charge in [-0.3, -0.25) is 14.7 Å². The molecule has 0 aliphatic carbocycles. The molecule has 0 radical (unpaired) electrons. The summed E-state index contributed by atoms with van der Waals surface area (Å²) in [6.45, 7) is 3.41. The first-order valence-electron chi connectivity index (χ1n) is 8.14. The second-order valence-corrected chi connectivity index (χ2v) is 6.93. The minimum Gasteiger partial charge on any atom is -0.457 e. The summed E-state index contributed by atoms with van der Waals surface area (Å²) in [5.74, 6) is 2.16. The van der Waals surface area contributed by atoms with Gasteiger partial charge in [-0.2, -0.15) is 0 Å². The molecule has 0 aromatic heterocycles. The lowest BCUT2D eigenvalue weighted by Crippen LogP contribution is -2.38. The number of benzene rings is 2. The SMILES string of the molecule is CCSC1=NCCN1C(=O)C1c2ccccc2Oc2ccccc21. The van der Waals surface area contributed by atoms with E-state index in [0.29, 0.717) is 13.1 Å². The first-order chi connectivity index (χ1) is 11.8. The number of rotatable bonds is 2. The Morgan fingerprint density at radius 1 is 1.17 bits per heavy atom. The lowest BCUT2D eigenvalue weighted by Gasteiger charge is -2.30. The Morgan fingerprint density at radius 2 is 1.79 bits per heavy atom. The molecule has 2 aliphatic heterocycles. The van der Waals surface area contributed by atoms with Crippen molar-refractivity contribution in [2.24, 2.45) is 4.99 Å². The Morgan fingerprint density at radius 3 is 2.42 bits per heavy atom. The van der Waals surface area contributed by atoms with Gasteiger partial charge in [0.1, 0.15) is 11.5 Å². The highest BCUT2D eigenvalue weighted by Gasteiger charge is 2.37. The molecule has 0 spiro atoms. The van der Waals surface area contributed by atoms with Crippen molar-refractivity contribution in [2.45, 2.75) is 12.8 Å². The Bertz CT molecular complexity index is 773. The first-order valence-corrected chi connectivity index (χ1v) is 9.12. The number of ether oxygens (including phenoxy) is 1. The van der Waals surface area contributed by atoms with Gasteiger partial charge in [-0.05, 0) is 17.9 Å². The molecule has 0 fully saturated rings. The van der Waals surface area contributed by atoms with Gasteiger partial charge >= 0.3 is 0 Å². The van der Waals surface area contributed by atoms with Crippen LogP contribution in [0.4, 0.5) is 0 Å². The molecule has 0 saturated carbocycles. The molecule has 0 bridgehead atoms. The van der Waals surface area contributed by atoms with Gasteiger partial charge in [-0.25, -0.2) is 0 Å². The summed E-state index contributed by atoms with van der Waals surface area (Å²) < 4.78 is 5.99. The molecule has 0 saturated heterocycles. The number of fused-ring (bicyclic) bond motifs is 2. The monoisotopic (exact) mass is 338 g/mol. The number of nitrogens with zero attached hydrogens (tertiary/aromatic N) is 2. The number of thioether (sulfide) groups is 1. The Balaban J connectivity index is 1.77. The summed E-state index contributed by atoms with van der Waals surface area (Å²) in [6.07, 6.45) is 0. The molecule has 2 aromatic rings. The highest BCUT2D eigenvalue weighted by Crippen LogP contribution is 2.45. The highest BCUT2D eigenvalue weighted by molar-refractivity contribution is 8.13. The van der Waals surface area contributed by atoms with Crippen molar-refractivity contribution in [2.75, 3.05) is 18.8 Å². The molecule has 0 N–H and O–H groups in total. The smallest absolute Gasteiger partial charge is 0.240 e. The third-order valence-corrected chi connectivity index (χ3v) is 5.16. The molecule has 2 aromatic carbocycles. The molecule has 0 atom stereocenters. The quantitative estimate of drug-likeness (QED) is 0.834. The number of carbonyl (C=O) groups excluding carboxylic acids is 1. The van der Waals surface area contributed by atoms with E-state index in [-0.39, 0.29) is 11.8 Å². The zero-order valence-electron chi connectivity index (χ0n) is 13.4. The Labute approximate surface area is 145 Å². The minimum atomic E-state index is -0.341. The van der Waals surface area contributed by atoms with Crippen LogP contribution in [0.15, 0.2) is 53.5 Å². The van der Waals surface area contributed by atoms with E-state index in [1.165, 1.54) is 0 Å². The summed E-state index contributed by atoms with van der Waals surface area (Å²) >= 11 is 1.63. The van der Waals surface area contributed by atoms with Crippen LogP contribution < -0.4 is 4.74 Å². The van der Waals surface area contributed by atoms with Crippen molar-refractivity contribution in [1.82, 2.24) is 4.90 Å². The molecule has 122 valence electrons. The third kappa shape index (κ3) is 2.49. The van der Waals surface area contributed by atoms with E-state index in [9.17, 15) is 4.79 Å². The van der Waals surface area contributed by atoms with Crippen molar-refractivity contribution in [1.29, 1.82) is 0 Å². The van der Waals surface area contributed by atoms with E-state index in [1.807, 2.05) is 53.4 Å². The number of amides is 1. The zero-order chi connectivity index (χ0) is 16.5.